The zero-order valence-corrected chi connectivity index (χ0v) is 18.7. The number of sulfonamides is 1. The highest BCUT2D eigenvalue weighted by atomic mass is 32.2. The molecule has 0 heterocycles. The van der Waals surface area contributed by atoms with Crippen molar-refractivity contribution in [3.05, 3.63) is 88.5 Å². The second-order valence-corrected chi connectivity index (χ2v) is 8.66. The number of hydrazone groups is 1. The number of carbonyl (C=O) groups is 1. The van der Waals surface area contributed by atoms with Crippen LogP contribution in [0.2, 0.25) is 0 Å². The number of benzene rings is 3. The van der Waals surface area contributed by atoms with Crippen LogP contribution in [0.1, 0.15) is 5.56 Å². The Labute approximate surface area is 195 Å². The van der Waals surface area contributed by atoms with Gasteiger partial charge in [-0.3, -0.25) is 14.9 Å². The first-order valence-corrected chi connectivity index (χ1v) is 11.2. The second kappa shape index (κ2) is 10.4. The maximum Gasteiger partial charge on any atom is 0.293 e. The molecule has 3 aromatic carbocycles. The molecule has 11 nitrogen and oxygen atoms in total. The minimum atomic E-state index is -4.32. The van der Waals surface area contributed by atoms with Gasteiger partial charge in [0.2, 0.25) is 0 Å². The van der Waals surface area contributed by atoms with E-state index < -0.39 is 33.1 Å². The lowest BCUT2D eigenvalue weighted by molar-refractivity contribution is -0.384. The van der Waals surface area contributed by atoms with Gasteiger partial charge in [-0.15, -0.1) is 0 Å². The average Bonchev–Trinajstić information content (AvgIpc) is 2.84. The summed E-state index contributed by atoms with van der Waals surface area (Å²) in [4.78, 5) is 23.2. The Kier molecular flexibility index (Phi) is 7.43. The summed E-state index contributed by atoms with van der Waals surface area (Å²) in [5.41, 5.74) is 1.95. The lowest BCUT2D eigenvalue weighted by Gasteiger charge is -2.23. The number of anilines is 1. The Bertz CT molecular complexity index is 1330. The van der Waals surface area contributed by atoms with E-state index in [0.29, 0.717) is 9.87 Å². The Balaban J connectivity index is 1.89. The van der Waals surface area contributed by atoms with Crippen LogP contribution in [0.25, 0.3) is 0 Å². The number of ether oxygens (including phenoxy) is 1. The minimum Gasteiger partial charge on any atom is -0.504 e. The number of carbonyl (C=O) groups excluding carboxylic acids is 1. The number of nitrogens with zero attached hydrogens (tertiary/aromatic N) is 3. The Morgan fingerprint density at radius 3 is 2.50 bits per heavy atom. The van der Waals surface area contributed by atoms with Crippen molar-refractivity contribution < 1.29 is 28.0 Å². The van der Waals surface area contributed by atoms with Crippen molar-refractivity contribution in [1.29, 1.82) is 0 Å². The fraction of sp³-hybridized carbons (Fsp3) is 0.0909. The molecule has 0 atom stereocenters. The SMILES string of the molecule is COc1cc(/C=N/NC(=O)CN(c2ccccc2[N+](=O)[O-])S(=O)(=O)c2ccccc2)ccc1O. The Hall–Kier alpha value is -4.45. The number of hydrogen-bond acceptors (Lipinski definition) is 8. The van der Waals surface area contributed by atoms with E-state index in [4.69, 9.17) is 4.74 Å². The normalized spacial score (nSPS) is 11.2. The van der Waals surface area contributed by atoms with Crippen LogP contribution in [0.5, 0.6) is 11.5 Å². The highest BCUT2D eigenvalue weighted by molar-refractivity contribution is 7.92. The van der Waals surface area contributed by atoms with Crippen LogP contribution < -0.4 is 14.5 Å². The molecule has 0 aliphatic rings. The second-order valence-electron chi connectivity index (χ2n) is 6.80. The maximum atomic E-state index is 13.3. The number of nitro benzene ring substituents is 1. The van der Waals surface area contributed by atoms with Crippen LogP contribution in [0.15, 0.2) is 82.8 Å². The van der Waals surface area contributed by atoms with E-state index in [1.54, 1.807) is 6.07 Å². The fourth-order valence-electron chi connectivity index (χ4n) is 2.97. The predicted molar refractivity (Wildman–Crippen MR) is 124 cm³/mol. The standard InChI is InChI=1S/C22H20N4O7S/c1-33-21-13-16(11-12-20(21)27)14-23-24-22(28)15-25(18-9-5-6-10-19(18)26(29)30)34(31,32)17-7-3-2-4-8-17/h2-14,27H,15H2,1H3,(H,24,28)/b23-14+. The third-order valence-corrected chi connectivity index (χ3v) is 6.35. The fourth-order valence-corrected chi connectivity index (χ4v) is 4.42. The summed E-state index contributed by atoms with van der Waals surface area (Å²) in [6, 6.07) is 16.9. The van der Waals surface area contributed by atoms with Crippen LogP contribution in [0.4, 0.5) is 11.4 Å². The van der Waals surface area contributed by atoms with Crippen LogP contribution in [-0.2, 0) is 14.8 Å². The number of phenolic OH excluding ortho intramolecular Hbond substituents is 1. The molecule has 12 heteroatoms. The molecule has 0 aromatic heterocycles. The molecule has 0 spiro atoms. The van der Waals surface area contributed by atoms with Gasteiger partial charge in [-0.05, 0) is 42.0 Å². The molecule has 34 heavy (non-hydrogen) atoms. The lowest BCUT2D eigenvalue weighted by atomic mass is 10.2. The molecule has 0 bridgehead atoms. The smallest absolute Gasteiger partial charge is 0.293 e. The molecule has 3 aromatic rings. The van der Waals surface area contributed by atoms with Crippen molar-refractivity contribution in [3.63, 3.8) is 0 Å². The monoisotopic (exact) mass is 484 g/mol. The molecule has 2 N–H and O–H groups in total. The van der Waals surface area contributed by atoms with Gasteiger partial charge in [0.25, 0.3) is 21.6 Å². The van der Waals surface area contributed by atoms with Gasteiger partial charge in [-0.25, -0.2) is 18.1 Å². The van der Waals surface area contributed by atoms with Crippen LogP contribution in [0.3, 0.4) is 0 Å². The molecule has 0 aliphatic carbocycles. The van der Waals surface area contributed by atoms with Gasteiger partial charge in [0.05, 0.1) is 23.1 Å². The van der Waals surface area contributed by atoms with E-state index in [0.717, 1.165) is 6.07 Å². The predicted octanol–water partition coefficient (Wildman–Crippen LogP) is 2.65. The number of para-hydroxylation sites is 2. The van der Waals surface area contributed by atoms with Gasteiger partial charge in [0.15, 0.2) is 11.5 Å². The first-order valence-electron chi connectivity index (χ1n) is 9.74. The van der Waals surface area contributed by atoms with Crippen molar-refractivity contribution in [1.82, 2.24) is 5.43 Å². The Morgan fingerprint density at radius 2 is 1.82 bits per heavy atom. The van der Waals surface area contributed by atoms with E-state index in [1.807, 2.05) is 0 Å². The zero-order chi connectivity index (χ0) is 24.7. The topological polar surface area (TPSA) is 151 Å². The van der Waals surface area contributed by atoms with Crippen LogP contribution >= 0.6 is 0 Å². The van der Waals surface area contributed by atoms with E-state index in [-0.39, 0.29) is 22.1 Å². The van der Waals surface area contributed by atoms with Crippen molar-refractivity contribution in [2.75, 3.05) is 18.0 Å². The van der Waals surface area contributed by atoms with E-state index in [2.05, 4.69) is 10.5 Å². The average molecular weight is 484 g/mol. The number of nitro groups is 1. The van der Waals surface area contributed by atoms with E-state index >= 15 is 0 Å². The highest BCUT2D eigenvalue weighted by Crippen LogP contribution is 2.32. The lowest BCUT2D eigenvalue weighted by Crippen LogP contribution is -2.39. The van der Waals surface area contributed by atoms with Crippen LogP contribution in [-0.4, -0.2) is 44.2 Å². The molecule has 0 radical (unpaired) electrons. The van der Waals surface area contributed by atoms with E-state index in [9.17, 15) is 28.4 Å². The highest BCUT2D eigenvalue weighted by Gasteiger charge is 2.31. The molecule has 176 valence electrons. The Morgan fingerprint density at radius 1 is 1.15 bits per heavy atom. The number of hydrogen-bond donors (Lipinski definition) is 2. The summed E-state index contributed by atoms with van der Waals surface area (Å²) < 4.78 is 32.2. The summed E-state index contributed by atoms with van der Waals surface area (Å²) >= 11 is 0. The number of rotatable bonds is 9. The largest absolute Gasteiger partial charge is 0.504 e. The maximum absolute atomic E-state index is 13.3. The minimum absolute atomic E-state index is 0.0742. The van der Waals surface area contributed by atoms with Gasteiger partial charge >= 0.3 is 0 Å². The van der Waals surface area contributed by atoms with Crippen molar-refractivity contribution >= 4 is 33.5 Å². The molecular weight excluding hydrogens is 464 g/mol. The summed E-state index contributed by atoms with van der Waals surface area (Å²) in [7, 11) is -2.95. The summed E-state index contributed by atoms with van der Waals surface area (Å²) in [5, 5.41) is 24.9. The molecule has 0 saturated heterocycles. The van der Waals surface area contributed by atoms with E-state index in [1.165, 1.54) is 74.0 Å². The molecule has 0 saturated carbocycles. The number of nitrogens with one attached hydrogen (secondary N) is 1. The summed E-state index contributed by atoms with van der Waals surface area (Å²) in [5.74, 6) is -0.707. The van der Waals surface area contributed by atoms with Crippen molar-refractivity contribution in [2.24, 2.45) is 5.10 Å². The third kappa shape index (κ3) is 5.48. The van der Waals surface area contributed by atoms with Gasteiger partial charge in [-0.1, -0.05) is 30.3 Å². The van der Waals surface area contributed by atoms with Crippen LogP contribution in [0, 0.1) is 10.1 Å². The van der Waals surface area contributed by atoms with Gasteiger partial charge in [0, 0.05) is 6.07 Å². The van der Waals surface area contributed by atoms with Gasteiger partial charge in [0.1, 0.15) is 12.2 Å². The van der Waals surface area contributed by atoms with Crippen molar-refractivity contribution in [3.8, 4) is 11.5 Å². The molecule has 3 rings (SSSR count). The number of amides is 1. The molecule has 0 unspecified atom stereocenters. The summed E-state index contributed by atoms with van der Waals surface area (Å²) in [6.07, 6.45) is 1.26. The third-order valence-electron chi connectivity index (χ3n) is 4.57. The van der Waals surface area contributed by atoms with Gasteiger partial charge < -0.3 is 9.84 Å². The zero-order valence-electron chi connectivity index (χ0n) is 17.9. The van der Waals surface area contributed by atoms with Crippen molar-refractivity contribution in [2.45, 2.75) is 4.90 Å². The number of phenols is 1. The quantitative estimate of drug-likeness (QED) is 0.269. The first kappa shape index (κ1) is 24.2. The number of methoxy groups -OCH3 is 1. The first-order chi connectivity index (χ1) is 16.2. The van der Waals surface area contributed by atoms with Gasteiger partial charge in [-0.2, -0.15) is 5.10 Å². The molecule has 1 amide bonds. The number of aromatic hydroxyl groups is 1. The summed E-state index contributed by atoms with van der Waals surface area (Å²) in [6.45, 7) is -0.766. The molecular formula is C22H20N4O7S. The molecule has 0 fully saturated rings. The molecule has 0 aliphatic heterocycles.